The minimum absolute atomic E-state index is 0.174. The second kappa shape index (κ2) is 5.59. The molecule has 2 rings (SSSR count). The largest absolute Gasteiger partial charge is 0.381 e. The fraction of sp³-hybridized carbons (Fsp3) is 0.625. The number of benzene rings is 1. The highest BCUT2D eigenvalue weighted by Gasteiger charge is 2.48. The van der Waals surface area contributed by atoms with Crippen molar-refractivity contribution in [3.05, 3.63) is 35.6 Å². The van der Waals surface area contributed by atoms with E-state index in [1.165, 1.54) is 17.7 Å². The molecule has 1 aromatic carbocycles. The number of rotatable bonds is 5. The summed E-state index contributed by atoms with van der Waals surface area (Å²) < 4.78 is 18.3. The van der Waals surface area contributed by atoms with Gasteiger partial charge in [0.25, 0.3) is 0 Å². The van der Waals surface area contributed by atoms with Crippen LogP contribution in [0.3, 0.4) is 0 Å². The molecule has 1 aliphatic carbocycles. The van der Waals surface area contributed by atoms with Crippen LogP contribution in [0.4, 0.5) is 4.39 Å². The molecule has 0 aromatic heterocycles. The van der Waals surface area contributed by atoms with Gasteiger partial charge in [0.2, 0.25) is 0 Å². The topological polar surface area (TPSA) is 21.3 Å². The smallest absolute Gasteiger partial charge is 0.123 e. The van der Waals surface area contributed by atoms with Crippen LogP contribution in [0.15, 0.2) is 24.3 Å². The molecular weight excluding hydrogens is 241 g/mol. The van der Waals surface area contributed by atoms with Gasteiger partial charge >= 0.3 is 0 Å². The normalized spacial score (nSPS) is 26.8. The predicted molar refractivity (Wildman–Crippen MR) is 75.7 cm³/mol. The van der Waals surface area contributed by atoms with Crippen LogP contribution in [0, 0.1) is 11.2 Å². The van der Waals surface area contributed by atoms with Crippen LogP contribution in [0.5, 0.6) is 0 Å². The first-order valence-electron chi connectivity index (χ1n) is 6.96. The monoisotopic (exact) mass is 265 g/mol. The average Bonchev–Trinajstić information content (AvgIpc) is 2.37. The van der Waals surface area contributed by atoms with Crippen molar-refractivity contribution in [2.45, 2.75) is 51.8 Å². The highest BCUT2D eigenvalue weighted by Crippen LogP contribution is 2.42. The average molecular weight is 265 g/mol. The molecule has 0 heterocycles. The van der Waals surface area contributed by atoms with Crippen LogP contribution in [-0.2, 0) is 11.2 Å². The Labute approximate surface area is 115 Å². The second-order valence-electron chi connectivity index (χ2n) is 6.23. The summed E-state index contributed by atoms with van der Waals surface area (Å²) in [6.07, 6.45) is 2.34. The summed E-state index contributed by atoms with van der Waals surface area (Å²) in [5.74, 6) is -0.174. The third-order valence-electron chi connectivity index (χ3n) is 4.40. The number of ether oxygens (including phenoxy) is 1. The summed E-state index contributed by atoms with van der Waals surface area (Å²) in [7, 11) is 1.78. The van der Waals surface area contributed by atoms with Gasteiger partial charge in [-0.15, -0.1) is 0 Å². The number of methoxy groups -OCH3 is 1. The van der Waals surface area contributed by atoms with Gasteiger partial charge in [0.1, 0.15) is 5.82 Å². The highest BCUT2D eigenvalue weighted by molar-refractivity contribution is 5.17. The van der Waals surface area contributed by atoms with Crippen molar-refractivity contribution in [1.82, 2.24) is 5.32 Å². The van der Waals surface area contributed by atoms with Crippen molar-refractivity contribution >= 4 is 0 Å². The van der Waals surface area contributed by atoms with Crippen LogP contribution >= 0.6 is 0 Å². The Hall–Kier alpha value is -0.930. The van der Waals surface area contributed by atoms with Crippen molar-refractivity contribution in [2.75, 3.05) is 7.11 Å². The summed E-state index contributed by atoms with van der Waals surface area (Å²) in [6, 6.07) is 7.64. The van der Waals surface area contributed by atoms with E-state index in [9.17, 15) is 4.39 Å². The maximum absolute atomic E-state index is 12.9. The first-order chi connectivity index (χ1) is 8.93. The fourth-order valence-corrected chi connectivity index (χ4v) is 2.94. The van der Waals surface area contributed by atoms with E-state index in [0.29, 0.717) is 18.2 Å². The molecule has 0 amide bonds. The van der Waals surface area contributed by atoms with Crippen LogP contribution in [0.1, 0.15) is 32.8 Å². The molecule has 1 aliphatic rings. The van der Waals surface area contributed by atoms with Crippen molar-refractivity contribution in [3.8, 4) is 0 Å². The Morgan fingerprint density at radius 1 is 1.37 bits per heavy atom. The fourth-order valence-electron chi connectivity index (χ4n) is 2.94. The van der Waals surface area contributed by atoms with Crippen LogP contribution < -0.4 is 5.32 Å². The number of halogens is 1. The highest BCUT2D eigenvalue weighted by atomic mass is 19.1. The number of hydrogen-bond acceptors (Lipinski definition) is 2. The zero-order chi connectivity index (χ0) is 14.0. The molecular formula is C16H24FNO. The minimum atomic E-state index is -0.174. The van der Waals surface area contributed by atoms with Crippen LogP contribution in [0.2, 0.25) is 0 Å². The molecule has 1 fully saturated rings. The van der Waals surface area contributed by atoms with Crippen molar-refractivity contribution in [1.29, 1.82) is 0 Å². The third-order valence-corrected chi connectivity index (χ3v) is 4.40. The molecule has 0 spiro atoms. The molecule has 0 aliphatic heterocycles. The molecule has 1 saturated carbocycles. The van der Waals surface area contributed by atoms with E-state index in [2.05, 4.69) is 26.1 Å². The molecule has 1 aromatic rings. The molecule has 19 heavy (non-hydrogen) atoms. The minimum Gasteiger partial charge on any atom is -0.381 e. The van der Waals surface area contributed by atoms with Gasteiger partial charge in [-0.25, -0.2) is 4.39 Å². The third kappa shape index (κ3) is 3.15. The van der Waals surface area contributed by atoms with Crippen molar-refractivity contribution in [2.24, 2.45) is 5.41 Å². The van der Waals surface area contributed by atoms with Crippen molar-refractivity contribution < 1.29 is 9.13 Å². The van der Waals surface area contributed by atoms with Gasteiger partial charge in [-0.1, -0.05) is 26.0 Å². The summed E-state index contributed by atoms with van der Waals surface area (Å²) in [5, 5.41) is 3.66. The molecule has 1 N–H and O–H groups in total. The summed E-state index contributed by atoms with van der Waals surface area (Å²) in [4.78, 5) is 0. The van der Waals surface area contributed by atoms with E-state index >= 15 is 0 Å². The molecule has 0 saturated heterocycles. The Bertz CT molecular complexity index is 415. The lowest BCUT2D eigenvalue weighted by molar-refractivity contribution is -0.0997. The van der Waals surface area contributed by atoms with E-state index in [1.807, 2.05) is 12.1 Å². The van der Waals surface area contributed by atoms with Crippen molar-refractivity contribution in [3.63, 3.8) is 0 Å². The van der Waals surface area contributed by atoms with Gasteiger partial charge in [-0.2, -0.15) is 0 Å². The van der Waals surface area contributed by atoms with Crippen LogP contribution in [-0.4, -0.2) is 25.3 Å². The van der Waals surface area contributed by atoms with E-state index in [-0.39, 0.29) is 11.2 Å². The lowest BCUT2D eigenvalue weighted by Crippen LogP contribution is -2.62. The summed E-state index contributed by atoms with van der Waals surface area (Å²) >= 11 is 0. The Morgan fingerprint density at radius 2 is 2.00 bits per heavy atom. The van der Waals surface area contributed by atoms with Gasteiger partial charge in [-0.05, 0) is 37.5 Å². The lowest BCUT2D eigenvalue weighted by atomic mass is 9.64. The van der Waals surface area contributed by atoms with Gasteiger partial charge in [0.05, 0.1) is 6.10 Å². The maximum atomic E-state index is 12.9. The van der Waals surface area contributed by atoms with Gasteiger partial charge in [0.15, 0.2) is 0 Å². The zero-order valence-electron chi connectivity index (χ0n) is 12.2. The quantitative estimate of drug-likeness (QED) is 0.883. The Morgan fingerprint density at radius 3 is 2.53 bits per heavy atom. The van der Waals surface area contributed by atoms with Gasteiger partial charge < -0.3 is 10.1 Å². The van der Waals surface area contributed by atoms with Crippen LogP contribution in [0.25, 0.3) is 0 Å². The molecule has 0 radical (unpaired) electrons. The molecule has 3 unspecified atom stereocenters. The SMILES string of the molecule is COC1CC(NC(C)Cc2ccc(F)cc2)C1(C)C. The zero-order valence-corrected chi connectivity index (χ0v) is 12.2. The van der Waals surface area contributed by atoms with E-state index in [0.717, 1.165) is 12.8 Å². The van der Waals surface area contributed by atoms with Gasteiger partial charge in [0, 0.05) is 24.6 Å². The molecule has 3 atom stereocenters. The van der Waals surface area contributed by atoms with Gasteiger partial charge in [-0.3, -0.25) is 0 Å². The predicted octanol–water partition coefficient (Wildman–Crippen LogP) is 3.16. The first kappa shape index (κ1) is 14.5. The summed E-state index contributed by atoms with van der Waals surface area (Å²) in [5.41, 5.74) is 1.35. The van der Waals surface area contributed by atoms with E-state index < -0.39 is 0 Å². The molecule has 2 nitrogen and oxygen atoms in total. The molecule has 3 heteroatoms. The Balaban J connectivity index is 1.85. The standard InChI is InChI=1S/C16H24FNO/c1-11(9-12-5-7-13(17)8-6-12)18-14-10-15(19-4)16(14,2)3/h5-8,11,14-15,18H,9-10H2,1-4H3. The molecule has 106 valence electrons. The maximum Gasteiger partial charge on any atom is 0.123 e. The lowest BCUT2D eigenvalue weighted by Gasteiger charge is -2.52. The number of hydrogen-bond donors (Lipinski definition) is 1. The number of nitrogens with one attached hydrogen (secondary N) is 1. The Kier molecular flexibility index (Phi) is 4.26. The van der Waals surface area contributed by atoms with E-state index in [4.69, 9.17) is 4.74 Å². The molecule has 0 bridgehead atoms. The van der Waals surface area contributed by atoms with E-state index in [1.54, 1.807) is 7.11 Å². The second-order valence-corrected chi connectivity index (χ2v) is 6.23. The summed E-state index contributed by atoms with van der Waals surface area (Å²) in [6.45, 7) is 6.67. The first-order valence-corrected chi connectivity index (χ1v) is 6.96.